The van der Waals surface area contributed by atoms with Crippen LogP contribution in [0.5, 0.6) is 0 Å². The van der Waals surface area contributed by atoms with Gasteiger partial charge in [-0.15, -0.1) is 11.3 Å². The van der Waals surface area contributed by atoms with E-state index in [1.54, 1.807) is 24.3 Å². The number of carbonyl (C=O) groups excluding carboxylic acids is 1. The SMILES string of the molecule is CCCNC(=O)c1ccc(S(=O)(=O)NC2(C(=O)O)CC2c2ccccc2)s1. The second-order valence-electron chi connectivity index (χ2n) is 6.42. The van der Waals surface area contributed by atoms with Crippen molar-refractivity contribution in [2.75, 3.05) is 6.54 Å². The van der Waals surface area contributed by atoms with Gasteiger partial charge in [-0.05, 0) is 30.5 Å². The Morgan fingerprint density at radius 1 is 1.22 bits per heavy atom. The average Bonchev–Trinajstić information content (AvgIpc) is 3.14. The second-order valence-corrected chi connectivity index (χ2v) is 9.42. The van der Waals surface area contributed by atoms with Crippen molar-refractivity contribution in [3.05, 3.63) is 52.9 Å². The lowest BCUT2D eigenvalue weighted by Gasteiger charge is -2.14. The summed E-state index contributed by atoms with van der Waals surface area (Å²) in [5, 5.41) is 12.3. The molecule has 1 aromatic carbocycles. The first-order valence-electron chi connectivity index (χ1n) is 8.50. The zero-order valence-electron chi connectivity index (χ0n) is 14.6. The van der Waals surface area contributed by atoms with E-state index in [-0.39, 0.29) is 21.4 Å². The largest absolute Gasteiger partial charge is 0.480 e. The molecule has 2 atom stereocenters. The number of hydrogen-bond donors (Lipinski definition) is 3. The normalized spacial score (nSPS) is 21.6. The Balaban J connectivity index is 1.80. The number of sulfonamides is 1. The summed E-state index contributed by atoms with van der Waals surface area (Å²) in [7, 11) is -4.07. The molecular weight excluding hydrogens is 388 g/mol. The summed E-state index contributed by atoms with van der Waals surface area (Å²) in [4.78, 5) is 24.1. The molecule has 1 amide bonds. The number of carboxylic acid groups (broad SMARTS) is 1. The van der Waals surface area contributed by atoms with Crippen molar-refractivity contribution in [2.24, 2.45) is 0 Å². The molecule has 2 aromatic rings. The molecule has 1 heterocycles. The molecule has 0 spiro atoms. The van der Waals surface area contributed by atoms with Crippen LogP contribution < -0.4 is 10.0 Å². The van der Waals surface area contributed by atoms with Gasteiger partial charge in [0.15, 0.2) is 0 Å². The van der Waals surface area contributed by atoms with Gasteiger partial charge in [0.2, 0.25) is 0 Å². The van der Waals surface area contributed by atoms with E-state index in [2.05, 4.69) is 10.0 Å². The van der Waals surface area contributed by atoms with Crippen LogP contribution in [0, 0.1) is 0 Å². The number of nitrogens with one attached hydrogen (secondary N) is 2. The summed E-state index contributed by atoms with van der Waals surface area (Å²) in [6, 6.07) is 11.7. The van der Waals surface area contributed by atoms with Crippen molar-refractivity contribution in [2.45, 2.75) is 35.4 Å². The Hall–Kier alpha value is -2.23. The maximum Gasteiger partial charge on any atom is 0.325 e. The Morgan fingerprint density at radius 2 is 1.93 bits per heavy atom. The number of thiophene rings is 1. The summed E-state index contributed by atoms with van der Waals surface area (Å²) < 4.78 is 27.7. The summed E-state index contributed by atoms with van der Waals surface area (Å²) >= 11 is 0.820. The van der Waals surface area contributed by atoms with E-state index in [1.807, 2.05) is 13.0 Å². The molecule has 0 aliphatic heterocycles. The van der Waals surface area contributed by atoms with Crippen molar-refractivity contribution in [1.82, 2.24) is 10.0 Å². The molecule has 1 saturated carbocycles. The van der Waals surface area contributed by atoms with E-state index in [4.69, 9.17) is 0 Å². The predicted octanol–water partition coefficient (Wildman–Crippen LogP) is 2.18. The molecule has 144 valence electrons. The van der Waals surface area contributed by atoms with Gasteiger partial charge in [-0.2, -0.15) is 4.72 Å². The number of carbonyl (C=O) groups is 2. The lowest BCUT2D eigenvalue weighted by Crippen LogP contribution is -2.44. The van der Waals surface area contributed by atoms with Crippen LogP contribution in [-0.4, -0.2) is 37.5 Å². The fraction of sp³-hybridized carbons (Fsp3) is 0.333. The van der Waals surface area contributed by atoms with Gasteiger partial charge in [0.25, 0.3) is 15.9 Å². The Kier molecular flexibility index (Phi) is 5.36. The minimum Gasteiger partial charge on any atom is -0.480 e. The molecule has 7 nitrogen and oxygen atoms in total. The number of amides is 1. The minimum atomic E-state index is -4.07. The van der Waals surface area contributed by atoms with Crippen LogP contribution in [0.1, 0.15) is 40.9 Å². The van der Waals surface area contributed by atoms with Crippen molar-refractivity contribution in [1.29, 1.82) is 0 Å². The number of aliphatic carboxylic acids is 1. The fourth-order valence-electron chi connectivity index (χ4n) is 2.95. The van der Waals surface area contributed by atoms with Crippen molar-refractivity contribution >= 4 is 33.2 Å². The summed E-state index contributed by atoms with van der Waals surface area (Å²) in [6.07, 6.45) is 0.951. The third-order valence-electron chi connectivity index (χ3n) is 4.47. The molecule has 1 aliphatic carbocycles. The highest BCUT2D eigenvalue weighted by Gasteiger charge is 2.63. The molecule has 2 unspecified atom stereocenters. The third-order valence-corrected chi connectivity index (χ3v) is 7.55. The molecule has 3 N–H and O–H groups in total. The van der Waals surface area contributed by atoms with Crippen LogP contribution in [0.3, 0.4) is 0 Å². The molecule has 0 bridgehead atoms. The minimum absolute atomic E-state index is 0.0801. The zero-order chi connectivity index (χ0) is 19.7. The van der Waals surface area contributed by atoms with Gasteiger partial charge in [0.1, 0.15) is 9.75 Å². The van der Waals surface area contributed by atoms with Crippen molar-refractivity contribution < 1.29 is 23.1 Å². The van der Waals surface area contributed by atoms with E-state index in [0.717, 1.165) is 23.3 Å². The molecule has 27 heavy (non-hydrogen) atoms. The van der Waals surface area contributed by atoms with E-state index < -0.39 is 27.4 Å². The van der Waals surface area contributed by atoms with E-state index in [1.165, 1.54) is 12.1 Å². The Morgan fingerprint density at radius 3 is 2.56 bits per heavy atom. The van der Waals surface area contributed by atoms with E-state index >= 15 is 0 Å². The van der Waals surface area contributed by atoms with Crippen molar-refractivity contribution in [3.63, 3.8) is 0 Å². The van der Waals surface area contributed by atoms with Crippen molar-refractivity contribution in [3.8, 4) is 0 Å². The van der Waals surface area contributed by atoms with Crippen LogP contribution >= 0.6 is 11.3 Å². The maximum atomic E-state index is 12.7. The van der Waals surface area contributed by atoms with Crippen LogP contribution in [0.2, 0.25) is 0 Å². The second kappa shape index (κ2) is 7.41. The van der Waals surface area contributed by atoms with Gasteiger partial charge < -0.3 is 10.4 Å². The van der Waals surface area contributed by atoms with Crippen LogP contribution in [-0.2, 0) is 14.8 Å². The van der Waals surface area contributed by atoms with Gasteiger partial charge in [0, 0.05) is 12.5 Å². The average molecular weight is 409 g/mol. The standard InChI is InChI=1S/C18H20N2O5S2/c1-2-10-19-16(21)14-8-9-15(26-14)27(24,25)20-18(17(22)23)11-13(18)12-6-4-3-5-7-12/h3-9,13,20H,2,10-11H2,1H3,(H,19,21)(H,22,23). The molecule has 0 radical (unpaired) electrons. The quantitative estimate of drug-likeness (QED) is 0.620. The predicted molar refractivity (Wildman–Crippen MR) is 101 cm³/mol. The number of hydrogen-bond acceptors (Lipinski definition) is 5. The molecule has 1 aromatic heterocycles. The summed E-state index contributed by atoms with van der Waals surface area (Å²) in [6.45, 7) is 2.41. The molecule has 1 fully saturated rings. The highest BCUT2D eigenvalue weighted by molar-refractivity contribution is 7.91. The van der Waals surface area contributed by atoms with Crippen LogP contribution in [0.15, 0.2) is 46.7 Å². The lowest BCUT2D eigenvalue weighted by molar-refractivity contribution is -0.140. The number of carboxylic acids is 1. The monoisotopic (exact) mass is 408 g/mol. The van der Waals surface area contributed by atoms with E-state index in [9.17, 15) is 23.1 Å². The topological polar surface area (TPSA) is 113 Å². The van der Waals surface area contributed by atoms with Gasteiger partial charge in [-0.1, -0.05) is 37.3 Å². The molecular formula is C18H20N2O5S2. The highest BCUT2D eigenvalue weighted by Crippen LogP contribution is 2.52. The Bertz CT molecular complexity index is 955. The lowest BCUT2D eigenvalue weighted by atomic mass is 10.1. The third kappa shape index (κ3) is 3.90. The Labute approximate surface area is 161 Å². The maximum absolute atomic E-state index is 12.7. The van der Waals surface area contributed by atoms with Gasteiger partial charge >= 0.3 is 5.97 Å². The van der Waals surface area contributed by atoms with Crippen LogP contribution in [0.4, 0.5) is 0 Å². The molecule has 0 saturated heterocycles. The smallest absolute Gasteiger partial charge is 0.325 e. The highest BCUT2D eigenvalue weighted by atomic mass is 32.2. The van der Waals surface area contributed by atoms with Gasteiger partial charge in [-0.3, -0.25) is 9.59 Å². The molecule has 3 rings (SSSR count). The summed E-state index contributed by atoms with van der Waals surface area (Å²) in [5.74, 6) is -1.99. The fourth-order valence-corrected chi connectivity index (χ4v) is 5.57. The number of rotatable bonds is 8. The van der Waals surface area contributed by atoms with Gasteiger partial charge in [0.05, 0.1) is 4.88 Å². The molecule has 1 aliphatic rings. The molecule has 9 heteroatoms. The van der Waals surface area contributed by atoms with Crippen LogP contribution in [0.25, 0.3) is 0 Å². The summed E-state index contributed by atoms with van der Waals surface area (Å²) in [5.41, 5.74) is -0.789. The zero-order valence-corrected chi connectivity index (χ0v) is 16.3. The number of benzene rings is 1. The van der Waals surface area contributed by atoms with Gasteiger partial charge in [-0.25, -0.2) is 8.42 Å². The first-order chi connectivity index (χ1) is 12.8. The van der Waals surface area contributed by atoms with E-state index in [0.29, 0.717) is 6.54 Å². The first kappa shape index (κ1) is 19.5. The first-order valence-corrected chi connectivity index (χ1v) is 10.8.